The SMILES string of the molecule is CNC(=O)c1cc(Oc2ccc3nnc(NC(=O)c4ccc(OC)c(OC)c4)nc3c2)ccn1. The maximum Gasteiger partial charge on any atom is 0.269 e. The second-order valence-electron chi connectivity index (χ2n) is 6.87. The number of hydrogen-bond acceptors (Lipinski definition) is 9. The van der Waals surface area contributed by atoms with Crippen LogP contribution in [0.2, 0.25) is 0 Å². The molecule has 11 heteroatoms. The second-order valence-corrected chi connectivity index (χ2v) is 6.87. The number of carbonyl (C=O) groups is 2. The molecule has 0 unspecified atom stereocenters. The van der Waals surface area contributed by atoms with Gasteiger partial charge in [0.25, 0.3) is 11.8 Å². The molecule has 172 valence electrons. The number of aromatic nitrogens is 4. The van der Waals surface area contributed by atoms with Gasteiger partial charge in [-0.15, -0.1) is 10.2 Å². The van der Waals surface area contributed by atoms with E-state index in [1.54, 1.807) is 42.5 Å². The zero-order valence-corrected chi connectivity index (χ0v) is 18.5. The van der Waals surface area contributed by atoms with E-state index in [0.717, 1.165) is 0 Å². The number of rotatable bonds is 7. The van der Waals surface area contributed by atoms with Crippen LogP contribution < -0.4 is 24.8 Å². The monoisotopic (exact) mass is 460 g/mol. The molecule has 0 aliphatic rings. The van der Waals surface area contributed by atoms with Gasteiger partial charge in [-0.05, 0) is 36.4 Å². The van der Waals surface area contributed by atoms with E-state index in [0.29, 0.717) is 39.6 Å². The summed E-state index contributed by atoms with van der Waals surface area (Å²) in [7, 11) is 4.52. The zero-order chi connectivity index (χ0) is 24.1. The van der Waals surface area contributed by atoms with E-state index >= 15 is 0 Å². The molecular formula is C23H20N6O5. The Morgan fingerprint density at radius 1 is 0.824 bits per heavy atom. The fourth-order valence-electron chi connectivity index (χ4n) is 3.05. The largest absolute Gasteiger partial charge is 0.493 e. The summed E-state index contributed by atoms with van der Waals surface area (Å²) < 4.78 is 16.3. The third-order valence-electron chi connectivity index (χ3n) is 4.72. The quantitative estimate of drug-likeness (QED) is 0.426. The highest BCUT2D eigenvalue weighted by Crippen LogP contribution is 2.28. The molecule has 2 N–H and O–H groups in total. The summed E-state index contributed by atoms with van der Waals surface area (Å²) in [6.45, 7) is 0. The molecule has 11 nitrogen and oxygen atoms in total. The molecule has 2 aromatic heterocycles. The molecule has 0 atom stereocenters. The van der Waals surface area contributed by atoms with Crippen LogP contribution in [0.1, 0.15) is 20.8 Å². The van der Waals surface area contributed by atoms with E-state index in [1.807, 2.05) is 0 Å². The highest BCUT2D eigenvalue weighted by molar-refractivity contribution is 6.04. The highest BCUT2D eigenvalue weighted by Gasteiger charge is 2.13. The average Bonchev–Trinajstić information content (AvgIpc) is 2.87. The Balaban J connectivity index is 1.55. The number of nitrogens with zero attached hydrogens (tertiary/aromatic N) is 4. The summed E-state index contributed by atoms with van der Waals surface area (Å²) in [4.78, 5) is 32.8. The molecule has 34 heavy (non-hydrogen) atoms. The summed E-state index contributed by atoms with van der Waals surface area (Å²) in [5, 5.41) is 13.2. The molecule has 0 saturated carbocycles. The smallest absolute Gasteiger partial charge is 0.269 e. The van der Waals surface area contributed by atoms with Gasteiger partial charge in [0.2, 0.25) is 5.95 Å². The van der Waals surface area contributed by atoms with Gasteiger partial charge in [-0.2, -0.15) is 0 Å². The minimum atomic E-state index is -0.437. The molecule has 0 radical (unpaired) electrons. The van der Waals surface area contributed by atoms with Gasteiger partial charge in [0.1, 0.15) is 22.7 Å². The lowest BCUT2D eigenvalue weighted by Crippen LogP contribution is -2.18. The van der Waals surface area contributed by atoms with Crippen molar-refractivity contribution in [1.29, 1.82) is 0 Å². The Morgan fingerprint density at radius 3 is 2.38 bits per heavy atom. The predicted molar refractivity (Wildman–Crippen MR) is 123 cm³/mol. The summed E-state index contributed by atoms with van der Waals surface area (Å²) in [6.07, 6.45) is 1.48. The number of hydrogen-bond donors (Lipinski definition) is 2. The van der Waals surface area contributed by atoms with Crippen LogP contribution in [0.4, 0.5) is 5.95 Å². The molecule has 4 aromatic rings. The van der Waals surface area contributed by atoms with Crippen molar-refractivity contribution in [3.8, 4) is 23.0 Å². The van der Waals surface area contributed by atoms with Crippen LogP contribution >= 0.6 is 0 Å². The maximum absolute atomic E-state index is 12.7. The first-order chi connectivity index (χ1) is 16.5. The minimum Gasteiger partial charge on any atom is -0.493 e. The standard InChI is InChI=1S/C23H20N6O5/c1-24-22(31)18-12-15(8-9-25-18)34-14-5-6-16-17(11-14)26-23(29-28-16)27-21(30)13-4-7-19(32-2)20(10-13)33-3/h4-12H,1-3H3,(H,24,31)(H,26,27,29,30). The number of benzene rings is 2. The second kappa shape index (κ2) is 9.77. The number of pyridine rings is 1. The van der Waals surface area contributed by atoms with Crippen LogP contribution in [0, 0.1) is 0 Å². The van der Waals surface area contributed by atoms with Crippen LogP contribution in [0.15, 0.2) is 54.7 Å². The lowest BCUT2D eigenvalue weighted by atomic mass is 10.2. The number of methoxy groups -OCH3 is 2. The van der Waals surface area contributed by atoms with E-state index in [1.165, 1.54) is 33.5 Å². The van der Waals surface area contributed by atoms with Gasteiger partial charge in [-0.1, -0.05) is 0 Å². The lowest BCUT2D eigenvalue weighted by molar-refractivity contribution is 0.0957. The predicted octanol–water partition coefficient (Wildman–Crippen LogP) is 2.84. The number of anilines is 1. The van der Waals surface area contributed by atoms with Crippen molar-refractivity contribution < 1.29 is 23.8 Å². The number of nitrogens with one attached hydrogen (secondary N) is 2. The lowest BCUT2D eigenvalue weighted by Gasteiger charge is -2.10. The van der Waals surface area contributed by atoms with Crippen LogP contribution in [0.5, 0.6) is 23.0 Å². The Bertz CT molecular complexity index is 1380. The first-order valence-corrected chi connectivity index (χ1v) is 10.0. The first-order valence-electron chi connectivity index (χ1n) is 10.0. The topological polar surface area (TPSA) is 137 Å². The highest BCUT2D eigenvalue weighted by atomic mass is 16.5. The van der Waals surface area contributed by atoms with E-state index in [4.69, 9.17) is 14.2 Å². The van der Waals surface area contributed by atoms with Gasteiger partial charge >= 0.3 is 0 Å². The third-order valence-corrected chi connectivity index (χ3v) is 4.72. The van der Waals surface area contributed by atoms with Crippen molar-refractivity contribution in [2.45, 2.75) is 0 Å². The van der Waals surface area contributed by atoms with Crippen molar-refractivity contribution in [2.24, 2.45) is 0 Å². The Labute approximate surface area is 194 Å². The summed E-state index contributed by atoms with van der Waals surface area (Å²) in [6, 6.07) is 13.0. The van der Waals surface area contributed by atoms with Crippen molar-refractivity contribution in [3.05, 3.63) is 66.0 Å². The van der Waals surface area contributed by atoms with Gasteiger partial charge in [0, 0.05) is 30.9 Å². The van der Waals surface area contributed by atoms with Crippen LogP contribution in [-0.2, 0) is 0 Å². The molecule has 0 saturated heterocycles. The van der Waals surface area contributed by atoms with Crippen LogP contribution in [0.3, 0.4) is 0 Å². The number of carbonyl (C=O) groups excluding carboxylic acids is 2. The molecule has 0 aliphatic heterocycles. The molecule has 0 fully saturated rings. The molecule has 0 aliphatic carbocycles. The van der Waals surface area contributed by atoms with Gasteiger partial charge in [0.05, 0.1) is 19.7 Å². The van der Waals surface area contributed by atoms with E-state index < -0.39 is 5.91 Å². The number of fused-ring (bicyclic) bond motifs is 1. The average molecular weight is 460 g/mol. The molecule has 0 bridgehead atoms. The molecule has 4 rings (SSSR count). The van der Waals surface area contributed by atoms with E-state index in [2.05, 4.69) is 30.8 Å². The Hall–Kier alpha value is -4.80. The van der Waals surface area contributed by atoms with Crippen LogP contribution in [0.25, 0.3) is 11.0 Å². The summed E-state index contributed by atoms with van der Waals surface area (Å²) >= 11 is 0. The van der Waals surface area contributed by atoms with Gasteiger partial charge in [0.15, 0.2) is 11.5 Å². The number of amides is 2. The summed E-state index contributed by atoms with van der Waals surface area (Å²) in [5.41, 5.74) is 1.53. The van der Waals surface area contributed by atoms with Crippen molar-refractivity contribution in [1.82, 2.24) is 25.5 Å². The normalized spacial score (nSPS) is 10.4. The van der Waals surface area contributed by atoms with E-state index in [-0.39, 0.29) is 17.5 Å². The molecule has 2 aromatic carbocycles. The minimum absolute atomic E-state index is 0.0234. The van der Waals surface area contributed by atoms with E-state index in [9.17, 15) is 9.59 Å². The van der Waals surface area contributed by atoms with Crippen LogP contribution in [-0.4, -0.2) is 53.2 Å². The van der Waals surface area contributed by atoms with Crippen molar-refractivity contribution in [3.63, 3.8) is 0 Å². The fourth-order valence-corrected chi connectivity index (χ4v) is 3.05. The third kappa shape index (κ3) is 4.83. The van der Waals surface area contributed by atoms with Gasteiger partial charge in [-0.25, -0.2) is 4.98 Å². The summed E-state index contributed by atoms with van der Waals surface area (Å²) in [5.74, 6) is 1.08. The fraction of sp³-hybridized carbons (Fsp3) is 0.130. The molecule has 0 spiro atoms. The maximum atomic E-state index is 12.7. The van der Waals surface area contributed by atoms with Crippen molar-refractivity contribution >= 4 is 28.8 Å². The zero-order valence-electron chi connectivity index (χ0n) is 18.5. The van der Waals surface area contributed by atoms with Crippen molar-refractivity contribution in [2.75, 3.05) is 26.6 Å². The number of ether oxygens (including phenoxy) is 3. The Kier molecular flexibility index (Phi) is 6.44. The van der Waals surface area contributed by atoms with Gasteiger partial charge < -0.3 is 19.5 Å². The molecule has 2 heterocycles. The molecular weight excluding hydrogens is 440 g/mol. The Morgan fingerprint density at radius 2 is 1.62 bits per heavy atom. The molecule has 2 amide bonds. The van der Waals surface area contributed by atoms with Gasteiger partial charge in [-0.3, -0.25) is 19.9 Å². The first kappa shape index (κ1) is 22.4.